The van der Waals surface area contributed by atoms with Crippen LogP contribution in [0.1, 0.15) is 53.9 Å². The van der Waals surface area contributed by atoms with Crippen LogP contribution in [0.2, 0.25) is 0 Å². The third kappa shape index (κ3) is 1.61. The third-order valence-electron chi connectivity index (χ3n) is 8.57. The third-order valence-corrected chi connectivity index (χ3v) is 8.57. The van der Waals surface area contributed by atoms with E-state index in [1.165, 1.54) is 0 Å². The van der Waals surface area contributed by atoms with Gasteiger partial charge in [-0.25, -0.2) is 0 Å². The lowest BCUT2D eigenvalue weighted by Crippen LogP contribution is -2.55. The molecule has 6 atom stereocenters. The molecule has 0 aromatic rings. The van der Waals surface area contributed by atoms with Crippen LogP contribution in [0.5, 0.6) is 0 Å². The average Bonchev–Trinajstić information content (AvgIpc) is 3.13. The van der Waals surface area contributed by atoms with E-state index in [4.69, 9.17) is 4.74 Å². The van der Waals surface area contributed by atoms with Gasteiger partial charge >= 0.3 is 5.97 Å². The molecule has 1 aliphatic heterocycles. The van der Waals surface area contributed by atoms with Crippen LogP contribution in [0.15, 0.2) is 22.8 Å². The minimum atomic E-state index is -1.21. The number of ether oxygens (including phenoxy) is 1. The molecule has 4 aliphatic carbocycles. The predicted octanol–water partition coefficient (Wildman–Crippen LogP) is 2.77. The zero-order chi connectivity index (χ0) is 20.4. The van der Waals surface area contributed by atoms with Gasteiger partial charge in [0.1, 0.15) is 23.0 Å². The minimum Gasteiger partial charge on any atom is -0.458 e. The molecule has 0 aromatic heterocycles. The first-order chi connectivity index (χ1) is 13.0. The molecule has 5 heteroatoms. The van der Waals surface area contributed by atoms with Crippen LogP contribution < -0.4 is 0 Å². The number of fused-ring (bicyclic) bond motifs is 2. The lowest BCUT2D eigenvalue weighted by atomic mass is 9.49. The average molecular weight is 384 g/mol. The van der Waals surface area contributed by atoms with Gasteiger partial charge in [0.15, 0.2) is 11.6 Å². The topological polar surface area (TPSA) is 80.7 Å². The fourth-order valence-electron chi connectivity index (χ4n) is 7.64. The molecule has 5 nitrogen and oxygen atoms in total. The summed E-state index contributed by atoms with van der Waals surface area (Å²) in [6.45, 7) is 9.87. The number of allylic oxidation sites excluding steroid dienone is 2. The second-order valence-corrected chi connectivity index (χ2v) is 10.5. The number of aliphatic hydroxyl groups is 1. The van der Waals surface area contributed by atoms with Gasteiger partial charge in [-0.1, -0.05) is 39.7 Å². The number of Topliss-reactive ketones (excluding diaryl/α,β-unsaturated/α-hetero) is 1. The molecule has 1 saturated heterocycles. The van der Waals surface area contributed by atoms with Crippen LogP contribution in [-0.2, 0) is 19.1 Å². The van der Waals surface area contributed by atoms with Crippen molar-refractivity contribution in [2.75, 3.05) is 0 Å². The first-order valence-corrected chi connectivity index (χ1v) is 10.4. The molecular formula is C23H28O5. The quantitative estimate of drug-likeness (QED) is 0.555. The van der Waals surface area contributed by atoms with Crippen LogP contribution in [0.3, 0.4) is 0 Å². The van der Waals surface area contributed by atoms with Crippen LogP contribution >= 0.6 is 0 Å². The van der Waals surface area contributed by atoms with Gasteiger partial charge in [-0.05, 0) is 42.7 Å². The van der Waals surface area contributed by atoms with Crippen molar-refractivity contribution in [1.29, 1.82) is 0 Å². The lowest BCUT2D eigenvalue weighted by Gasteiger charge is -2.51. The molecule has 0 amide bonds. The van der Waals surface area contributed by atoms with Crippen molar-refractivity contribution >= 4 is 17.5 Å². The maximum atomic E-state index is 14.0. The van der Waals surface area contributed by atoms with Crippen molar-refractivity contribution in [1.82, 2.24) is 0 Å². The highest BCUT2D eigenvalue weighted by atomic mass is 16.6. The smallest absolute Gasteiger partial charge is 0.317 e. The number of ketones is 2. The summed E-state index contributed by atoms with van der Waals surface area (Å²) in [6, 6.07) is 0. The van der Waals surface area contributed by atoms with Crippen LogP contribution in [0, 0.1) is 34.0 Å². The van der Waals surface area contributed by atoms with Gasteiger partial charge in [-0.15, -0.1) is 0 Å². The van der Waals surface area contributed by atoms with Crippen molar-refractivity contribution < 1.29 is 24.2 Å². The summed E-state index contributed by atoms with van der Waals surface area (Å²) >= 11 is 0. The molecular weight excluding hydrogens is 356 g/mol. The minimum absolute atomic E-state index is 0.177. The van der Waals surface area contributed by atoms with Crippen LogP contribution in [0.25, 0.3) is 0 Å². The van der Waals surface area contributed by atoms with Gasteiger partial charge < -0.3 is 9.84 Å². The summed E-state index contributed by atoms with van der Waals surface area (Å²) in [7, 11) is 0. The van der Waals surface area contributed by atoms with E-state index < -0.39 is 29.0 Å². The normalized spacial score (nSPS) is 45.8. The SMILES string of the molecule is CC1=CC(=O)[C@@]2(C(C)C)C(=O)C3=C([C@@H]12)[C@@H](O)[C@H]1OC(=O)[C@@]32CCCC(C)(C)C12. The highest BCUT2D eigenvalue weighted by Crippen LogP contribution is 2.71. The Hall–Kier alpha value is -1.75. The number of esters is 1. The molecule has 0 spiro atoms. The molecule has 150 valence electrons. The van der Waals surface area contributed by atoms with E-state index in [-0.39, 0.29) is 34.8 Å². The van der Waals surface area contributed by atoms with E-state index in [0.717, 1.165) is 18.4 Å². The van der Waals surface area contributed by atoms with Gasteiger partial charge in [0, 0.05) is 17.4 Å². The highest BCUT2D eigenvalue weighted by molar-refractivity contribution is 6.25. The van der Waals surface area contributed by atoms with Gasteiger partial charge in [-0.3, -0.25) is 14.4 Å². The Morgan fingerprint density at radius 1 is 1.18 bits per heavy atom. The lowest BCUT2D eigenvalue weighted by molar-refractivity contribution is -0.151. The molecule has 1 heterocycles. The maximum absolute atomic E-state index is 14.0. The Morgan fingerprint density at radius 3 is 2.50 bits per heavy atom. The first kappa shape index (κ1) is 18.3. The molecule has 5 aliphatic rings. The number of hydrogen-bond acceptors (Lipinski definition) is 5. The summed E-state index contributed by atoms with van der Waals surface area (Å²) in [6.07, 6.45) is 2.21. The summed E-state index contributed by atoms with van der Waals surface area (Å²) < 4.78 is 5.77. The van der Waals surface area contributed by atoms with E-state index in [1.54, 1.807) is 6.08 Å². The fourth-order valence-corrected chi connectivity index (χ4v) is 7.64. The van der Waals surface area contributed by atoms with E-state index in [9.17, 15) is 19.5 Å². The standard InChI is InChI=1S/C23H28O5/c1-10(2)23-12(24)9-11(3)14(23)13-15(19(23)26)22-8-6-7-21(4,5)18(22)17(16(13)25)28-20(22)27/h9-10,14,16-18,25H,6-8H2,1-5H3/t14-,16-,17-,18?,22+,23-/m1/s1. The second kappa shape index (κ2) is 5.05. The number of rotatable bonds is 1. The largest absolute Gasteiger partial charge is 0.458 e. The van der Waals surface area contributed by atoms with Crippen molar-refractivity contribution in [2.24, 2.45) is 34.0 Å². The van der Waals surface area contributed by atoms with E-state index in [1.807, 2.05) is 20.8 Å². The number of carbonyl (C=O) groups is 3. The highest BCUT2D eigenvalue weighted by Gasteiger charge is 2.77. The monoisotopic (exact) mass is 384 g/mol. The number of carbonyl (C=O) groups excluding carboxylic acids is 3. The van der Waals surface area contributed by atoms with Crippen molar-refractivity contribution in [3.05, 3.63) is 22.8 Å². The maximum Gasteiger partial charge on any atom is 0.317 e. The van der Waals surface area contributed by atoms with Crippen molar-refractivity contribution in [3.8, 4) is 0 Å². The molecule has 1 saturated carbocycles. The molecule has 2 fully saturated rings. The Balaban J connectivity index is 1.83. The van der Waals surface area contributed by atoms with E-state index in [0.29, 0.717) is 17.6 Å². The molecule has 1 N–H and O–H groups in total. The molecule has 1 unspecified atom stereocenters. The molecule has 5 rings (SSSR count). The first-order valence-electron chi connectivity index (χ1n) is 10.4. The second-order valence-electron chi connectivity index (χ2n) is 10.5. The van der Waals surface area contributed by atoms with Gasteiger partial charge in [-0.2, -0.15) is 0 Å². The van der Waals surface area contributed by atoms with Gasteiger partial charge in [0.05, 0.1) is 0 Å². The Kier molecular flexibility index (Phi) is 3.30. The number of hydrogen-bond donors (Lipinski definition) is 1. The van der Waals surface area contributed by atoms with Gasteiger partial charge in [0.2, 0.25) is 0 Å². The zero-order valence-electron chi connectivity index (χ0n) is 17.2. The Morgan fingerprint density at radius 2 is 1.86 bits per heavy atom. The van der Waals surface area contributed by atoms with Crippen LogP contribution in [-0.4, -0.2) is 34.9 Å². The molecule has 2 bridgehead atoms. The zero-order valence-corrected chi connectivity index (χ0v) is 17.2. The molecule has 0 radical (unpaired) electrons. The summed E-state index contributed by atoms with van der Waals surface area (Å²) in [4.78, 5) is 40.5. The summed E-state index contributed by atoms with van der Waals surface area (Å²) in [5.41, 5.74) is -0.606. The van der Waals surface area contributed by atoms with E-state index >= 15 is 0 Å². The van der Waals surface area contributed by atoms with Crippen LogP contribution in [0.4, 0.5) is 0 Å². The van der Waals surface area contributed by atoms with Gasteiger partial charge in [0.25, 0.3) is 0 Å². The predicted molar refractivity (Wildman–Crippen MR) is 101 cm³/mol. The fraction of sp³-hybridized carbons (Fsp3) is 0.696. The summed E-state index contributed by atoms with van der Waals surface area (Å²) in [5, 5.41) is 11.4. The molecule has 28 heavy (non-hydrogen) atoms. The van der Waals surface area contributed by atoms with E-state index in [2.05, 4.69) is 13.8 Å². The number of aliphatic hydroxyl groups excluding tert-OH is 1. The Labute approximate surface area is 165 Å². The van der Waals surface area contributed by atoms with Crippen molar-refractivity contribution in [2.45, 2.75) is 66.1 Å². The summed E-state index contributed by atoms with van der Waals surface area (Å²) in [5.74, 6) is -1.69. The van der Waals surface area contributed by atoms with Crippen molar-refractivity contribution in [3.63, 3.8) is 0 Å². The Bertz CT molecular complexity index is 906. The molecule has 0 aromatic carbocycles.